The van der Waals surface area contributed by atoms with Crippen LogP contribution in [-0.2, 0) is 0 Å². The Morgan fingerprint density at radius 2 is 1.94 bits per heavy atom. The standard InChI is InChI=1S/C14H18N2O2/c1-17-11-3-4-12(18-2)14-13(11)10(8-16-14)9-5-6-15-7-9/h3-4,8-9,15-16H,5-7H2,1-2H3. The molecule has 1 aliphatic rings. The molecule has 1 aliphatic heterocycles. The van der Waals surface area contributed by atoms with Gasteiger partial charge in [0.2, 0.25) is 0 Å². The quantitative estimate of drug-likeness (QED) is 0.873. The maximum atomic E-state index is 5.49. The first kappa shape index (κ1) is 11.4. The summed E-state index contributed by atoms with van der Waals surface area (Å²) in [5.74, 6) is 2.33. The molecule has 2 aromatic rings. The minimum Gasteiger partial charge on any atom is -0.496 e. The molecule has 2 N–H and O–H groups in total. The van der Waals surface area contributed by atoms with Crippen molar-refractivity contribution in [3.05, 3.63) is 23.9 Å². The molecule has 0 aliphatic carbocycles. The van der Waals surface area contributed by atoms with Gasteiger partial charge in [0.05, 0.1) is 19.7 Å². The van der Waals surface area contributed by atoms with Gasteiger partial charge >= 0.3 is 0 Å². The lowest BCUT2D eigenvalue weighted by Crippen LogP contribution is -2.07. The Morgan fingerprint density at radius 1 is 1.17 bits per heavy atom. The summed E-state index contributed by atoms with van der Waals surface area (Å²) in [6.07, 6.45) is 3.26. The lowest BCUT2D eigenvalue weighted by atomic mass is 9.97. The molecule has 18 heavy (non-hydrogen) atoms. The summed E-state index contributed by atoms with van der Waals surface area (Å²) < 4.78 is 10.9. The summed E-state index contributed by atoms with van der Waals surface area (Å²) in [6.45, 7) is 2.12. The van der Waals surface area contributed by atoms with Crippen LogP contribution in [0.2, 0.25) is 0 Å². The van der Waals surface area contributed by atoms with Crippen LogP contribution in [0.5, 0.6) is 11.5 Å². The monoisotopic (exact) mass is 246 g/mol. The number of nitrogens with one attached hydrogen (secondary N) is 2. The van der Waals surface area contributed by atoms with Crippen LogP contribution in [0.15, 0.2) is 18.3 Å². The smallest absolute Gasteiger partial charge is 0.143 e. The second-order valence-electron chi connectivity index (χ2n) is 4.65. The van der Waals surface area contributed by atoms with Gasteiger partial charge in [-0.1, -0.05) is 0 Å². The van der Waals surface area contributed by atoms with E-state index in [0.717, 1.165) is 35.5 Å². The molecule has 1 fully saturated rings. The van der Waals surface area contributed by atoms with Gasteiger partial charge in [-0.3, -0.25) is 0 Å². The largest absolute Gasteiger partial charge is 0.496 e. The fourth-order valence-electron chi connectivity index (χ4n) is 2.80. The van der Waals surface area contributed by atoms with Crippen LogP contribution >= 0.6 is 0 Å². The number of hydrogen-bond donors (Lipinski definition) is 2. The van der Waals surface area contributed by atoms with Crippen molar-refractivity contribution in [2.45, 2.75) is 12.3 Å². The highest BCUT2D eigenvalue weighted by molar-refractivity contribution is 5.94. The van der Waals surface area contributed by atoms with Crippen LogP contribution in [0.1, 0.15) is 17.9 Å². The average molecular weight is 246 g/mol. The third-order valence-electron chi connectivity index (χ3n) is 3.73. The van der Waals surface area contributed by atoms with E-state index in [9.17, 15) is 0 Å². The van der Waals surface area contributed by atoms with Crippen LogP contribution < -0.4 is 14.8 Å². The first-order valence-electron chi connectivity index (χ1n) is 6.28. The molecule has 2 heterocycles. The van der Waals surface area contributed by atoms with E-state index >= 15 is 0 Å². The summed E-state index contributed by atoms with van der Waals surface area (Å²) in [5, 5.41) is 4.56. The van der Waals surface area contributed by atoms with Crippen LogP contribution in [0.3, 0.4) is 0 Å². The highest BCUT2D eigenvalue weighted by atomic mass is 16.5. The molecule has 96 valence electrons. The summed E-state index contributed by atoms with van der Waals surface area (Å²) in [4.78, 5) is 3.33. The van der Waals surface area contributed by atoms with E-state index in [1.807, 2.05) is 12.1 Å². The fraction of sp³-hybridized carbons (Fsp3) is 0.429. The molecule has 1 saturated heterocycles. The minimum atomic E-state index is 0.555. The minimum absolute atomic E-state index is 0.555. The van der Waals surface area contributed by atoms with E-state index in [1.165, 1.54) is 12.0 Å². The lowest BCUT2D eigenvalue weighted by molar-refractivity contribution is 0.410. The Balaban J connectivity index is 2.20. The first-order chi connectivity index (χ1) is 8.85. The number of aromatic nitrogens is 1. The van der Waals surface area contributed by atoms with Crippen molar-refractivity contribution in [3.63, 3.8) is 0 Å². The molecule has 1 unspecified atom stereocenters. The van der Waals surface area contributed by atoms with Crippen molar-refractivity contribution in [2.24, 2.45) is 0 Å². The van der Waals surface area contributed by atoms with Gasteiger partial charge in [-0.05, 0) is 36.6 Å². The number of aromatic amines is 1. The molecule has 0 bridgehead atoms. The van der Waals surface area contributed by atoms with Crippen LogP contribution in [0.25, 0.3) is 10.9 Å². The van der Waals surface area contributed by atoms with E-state index in [0.29, 0.717) is 5.92 Å². The summed E-state index contributed by atoms with van der Waals surface area (Å²) >= 11 is 0. The Kier molecular flexibility index (Phi) is 2.88. The molecule has 1 atom stereocenters. The van der Waals surface area contributed by atoms with Gasteiger partial charge in [0.25, 0.3) is 0 Å². The van der Waals surface area contributed by atoms with E-state index in [1.54, 1.807) is 14.2 Å². The number of hydrogen-bond acceptors (Lipinski definition) is 3. The number of benzene rings is 1. The Labute approximate surface area is 106 Å². The Morgan fingerprint density at radius 3 is 2.61 bits per heavy atom. The number of methoxy groups -OCH3 is 2. The Hall–Kier alpha value is -1.68. The molecule has 0 amide bonds. The van der Waals surface area contributed by atoms with Crippen molar-refractivity contribution in [1.29, 1.82) is 0 Å². The lowest BCUT2D eigenvalue weighted by Gasteiger charge is -2.11. The SMILES string of the molecule is COc1ccc(OC)c2c(C3CCNC3)c[nH]c12. The van der Waals surface area contributed by atoms with Gasteiger partial charge in [0.1, 0.15) is 11.5 Å². The topological polar surface area (TPSA) is 46.3 Å². The maximum absolute atomic E-state index is 5.49. The van der Waals surface area contributed by atoms with Crippen molar-refractivity contribution < 1.29 is 9.47 Å². The third-order valence-corrected chi connectivity index (χ3v) is 3.73. The zero-order valence-corrected chi connectivity index (χ0v) is 10.7. The van der Waals surface area contributed by atoms with Gasteiger partial charge < -0.3 is 19.8 Å². The molecule has 4 nitrogen and oxygen atoms in total. The molecular formula is C14H18N2O2. The van der Waals surface area contributed by atoms with Gasteiger partial charge in [-0.15, -0.1) is 0 Å². The summed E-state index contributed by atoms with van der Waals surface area (Å²) in [5.41, 5.74) is 2.35. The average Bonchev–Trinajstić information content (AvgIpc) is 3.05. The van der Waals surface area contributed by atoms with Crippen molar-refractivity contribution >= 4 is 10.9 Å². The Bertz CT molecular complexity index is 556. The van der Waals surface area contributed by atoms with Gasteiger partial charge in [-0.2, -0.15) is 0 Å². The fourth-order valence-corrected chi connectivity index (χ4v) is 2.80. The first-order valence-corrected chi connectivity index (χ1v) is 6.28. The predicted octanol–water partition coefficient (Wildman–Crippen LogP) is 2.26. The second kappa shape index (κ2) is 4.53. The number of ether oxygens (including phenoxy) is 2. The molecule has 4 heteroatoms. The normalized spacial score (nSPS) is 19.3. The van der Waals surface area contributed by atoms with Crippen molar-refractivity contribution in [2.75, 3.05) is 27.3 Å². The molecule has 3 rings (SSSR count). The zero-order chi connectivity index (χ0) is 12.5. The van der Waals surface area contributed by atoms with Crippen LogP contribution in [0.4, 0.5) is 0 Å². The van der Waals surface area contributed by atoms with Gasteiger partial charge in [0.15, 0.2) is 0 Å². The van der Waals surface area contributed by atoms with E-state index < -0.39 is 0 Å². The number of rotatable bonds is 3. The molecule has 0 spiro atoms. The predicted molar refractivity (Wildman–Crippen MR) is 71.6 cm³/mol. The third kappa shape index (κ3) is 1.64. The second-order valence-corrected chi connectivity index (χ2v) is 4.65. The number of fused-ring (bicyclic) bond motifs is 1. The van der Waals surface area contributed by atoms with Crippen molar-refractivity contribution in [1.82, 2.24) is 10.3 Å². The van der Waals surface area contributed by atoms with Gasteiger partial charge in [-0.25, -0.2) is 0 Å². The summed E-state index contributed by atoms with van der Waals surface area (Å²) in [6, 6.07) is 3.91. The molecule has 1 aromatic heterocycles. The van der Waals surface area contributed by atoms with E-state index in [2.05, 4.69) is 16.5 Å². The summed E-state index contributed by atoms with van der Waals surface area (Å²) in [7, 11) is 3.41. The molecule has 0 saturated carbocycles. The van der Waals surface area contributed by atoms with E-state index in [4.69, 9.17) is 9.47 Å². The number of H-pyrrole nitrogens is 1. The van der Waals surface area contributed by atoms with Crippen molar-refractivity contribution in [3.8, 4) is 11.5 Å². The zero-order valence-electron chi connectivity index (χ0n) is 10.7. The maximum Gasteiger partial charge on any atom is 0.143 e. The van der Waals surface area contributed by atoms with Crippen LogP contribution in [-0.4, -0.2) is 32.3 Å². The van der Waals surface area contributed by atoms with Gasteiger partial charge in [0, 0.05) is 18.1 Å². The molecule has 1 aromatic carbocycles. The van der Waals surface area contributed by atoms with Crippen LogP contribution in [0, 0.1) is 0 Å². The molecule has 0 radical (unpaired) electrons. The molecular weight excluding hydrogens is 228 g/mol. The highest BCUT2D eigenvalue weighted by Crippen LogP contribution is 2.39. The van der Waals surface area contributed by atoms with E-state index in [-0.39, 0.29) is 0 Å². The highest BCUT2D eigenvalue weighted by Gasteiger charge is 2.22.